The molecule has 0 saturated carbocycles. The van der Waals surface area contributed by atoms with E-state index in [-0.39, 0.29) is 18.7 Å². The lowest BCUT2D eigenvalue weighted by Crippen LogP contribution is -2.52. The third-order valence-electron chi connectivity index (χ3n) is 3.82. The molecule has 0 aromatic heterocycles. The number of likely N-dealkylation sites (tertiary alicyclic amines) is 1. The minimum Gasteiger partial charge on any atom is -0.396 e. The number of rotatable bonds is 5. The number of aliphatic hydroxyl groups is 1. The number of aliphatic hydroxyl groups excluding tert-OH is 1. The Labute approximate surface area is 119 Å². The highest BCUT2D eigenvalue weighted by Crippen LogP contribution is 2.20. The monoisotopic (exact) mass is 277 g/mol. The first-order valence-electron chi connectivity index (χ1n) is 7.11. The molecule has 1 saturated heterocycles. The number of hydrogen-bond donors (Lipinski definition) is 3. The smallest absolute Gasteiger partial charge is 0.314 e. The summed E-state index contributed by atoms with van der Waals surface area (Å²) in [6.07, 6.45) is 1.68. The Morgan fingerprint density at radius 2 is 2.10 bits per heavy atom. The molecule has 0 aliphatic carbocycles. The molecule has 5 nitrogen and oxygen atoms in total. The minimum absolute atomic E-state index is 0.155. The molecule has 5 heteroatoms. The maximum atomic E-state index is 11.4. The predicted molar refractivity (Wildman–Crippen MR) is 78.0 cm³/mol. The van der Waals surface area contributed by atoms with Crippen molar-refractivity contribution in [2.45, 2.75) is 25.4 Å². The van der Waals surface area contributed by atoms with E-state index in [0.29, 0.717) is 25.4 Å². The number of nitrogens with zero attached hydrogens (tertiary/aromatic N) is 1. The van der Waals surface area contributed by atoms with Crippen molar-refractivity contribution in [3.8, 4) is 0 Å². The molecule has 2 atom stereocenters. The van der Waals surface area contributed by atoms with Crippen LogP contribution < -0.4 is 11.1 Å². The molecule has 4 N–H and O–H groups in total. The van der Waals surface area contributed by atoms with Crippen molar-refractivity contribution in [3.63, 3.8) is 0 Å². The summed E-state index contributed by atoms with van der Waals surface area (Å²) in [5.41, 5.74) is 6.62. The standard InChI is InChI=1S/C15H23N3O2/c16-15(20)18-10-13(6-7-19)8-14(11-18)17-9-12-4-2-1-3-5-12/h1-5,13-14,17,19H,6-11H2,(H2,16,20). The SMILES string of the molecule is NC(=O)N1CC(CCO)CC(NCc2ccccc2)C1. The molecule has 1 heterocycles. The third kappa shape index (κ3) is 4.21. The van der Waals surface area contributed by atoms with E-state index >= 15 is 0 Å². The summed E-state index contributed by atoms with van der Waals surface area (Å²) in [5.74, 6) is 0.314. The highest BCUT2D eigenvalue weighted by Gasteiger charge is 2.28. The van der Waals surface area contributed by atoms with Crippen molar-refractivity contribution < 1.29 is 9.90 Å². The quantitative estimate of drug-likeness (QED) is 0.749. The van der Waals surface area contributed by atoms with E-state index in [1.54, 1.807) is 4.90 Å². The predicted octanol–water partition coefficient (Wildman–Crippen LogP) is 0.928. The van der Waals surface area contributed by atoms with Crippen LogP contribution >= 0.6 is 0 Å². The summed E-state index contributed by atoms with van der Waals surface area (Å²) in [4.78, 5) is 13.1. The molecular weight excluding hydrogens is 254 g/mol. The third-order valence-corrected chi connectivity index (χ3v) is 3.82. The largest absolute Gasteiger partial charge is 0.396 e. The molecule has 110 valence electrons. The summed E-state index contributed by atoms with van der Waals surface area (Å²) in [7, 11) is 0. The van der Waals surface area contributed by atoms with E-state index in [9.17, 15) is 4.79 Å². The Morgan fingerprint density at radius 1 is 1.35 bits per heavy atom. The van der Waals surface area contributed by atoms with E-state index in [4.69, 9.17) is 10.8 Å². The van der Waals surface area contributed by atoms with Crippen LogP contribution in [0.2, 0.25) is 0 Å². The first-order valence-corrected chi connectivity index (χ1v) is 7.11. The summed E-state index contributed by atoms with van der Waals surface area (Å²) >= 11 is 0. The lowest BCUT2D eigenvalue weighted by molar-refractivity contribution is 0.135. The number of carbonyl (C=O) groups is 1. The lowest BCUT2D eigenvalue weighted by Gasteiger charge is -2.37. The number of benzene rings is 1. The minimum atomic E-state index is -0.376. The van der Waals surface area contributed by atoms with Gasteiger partial charge in [-0.25, -0.2) is 4.79 Å². The molecule has 0 radical (unpaired) electrons. The molecule has 1 aliphatic rings. The van der Waals surface area contributed by atoms with Gasteiger partial charge in [0.1, 0.15) is 0 Å². The van der Waals surface area contributed by atoms with Gasteiger partial charge < -0.3 is 21.1 Å². The van der Waals surface area contributed by atoms with Gasteiger partial charge in [0.25, 0.3) is 0 Å². The molecule has 20 heavy (non-hydrogen) atoms. The number of primary amides is 1. The number of carbonyl (C=O) groups excluding carboxylic acids is 1. The Balaban J connectivity index is 1.90. The Kier molecular flexibility index (Phi) is 5.38. The number of piperidine rings is 1. The van der Waals surface area contributed by atoms with Crippen molar-refractivity contribution in [2.24, 2.45) is 11.7 Å². The van der Waals surface area contributed by atoms with Gasteiger partial charge in [-0.15, -0.1) is 0 Å². The fourth-order valence-corrected chi connectivity index (χ4v) is 2.78. The highest BCUT2D eigenvalue weighted by atomic mass is 16.3. The van der Waals surface area contributed by atoms with Crippen LogP contribution in [0.5, 0.6) is 0 Å². The number of amides is 2. The maximum Gasteiger partial charge on any atom is 0.314 e. The molecule has 1 fully saturated rings. The van der Waals surface area contributed by atoms with Crippen LogP contribution in [0.4, 0.5) is 4.79 Å². The van der Waals surface area contributed by atoms with Crippen LogP contribution in [0.3, 0.4) is 0 Å². The molecule has 0 spiro atoms. The van der Waals surface area contributed by atoms with Gasteiger partial charge >= 0.3 is 6.03 Å². The summed E-state index contributed by atoms with van der Waals surface area (Å²) in [6.45, 7) is 2.23. The first-order chi connectivity index (χ1) is 9.69. The number of hydrogen-bond acceptors (Lipinski definition) is 3. The van der Waals surface area contributed by atoms with Gasteiger partial charge in [0.05, 0.1) is 0 Å². The van der Waals surface area contributed by atoms with Crippen LogP contribution in [0.15, 0.2) is 30.3 Å². The van der Waals surface area contributed by atoms with E-state index in [2.05, 4.69) is 17.4 Å². The summed E-state index contributed by atoms with van der Waals surface area (Å²) < 4.78 is 0. The van der Waals surface area contributed by atoms with Crippen molar-refractivity contribution >= 4 is 6.03 Å². The lowest BCUT2D eigenvalue weighted by atomic mass is 9.91. The van der Waals surface area contributed by atoms with E-state index in [0.717, 1.165) is 13.0 Å². The van der Waals surface area contributed by atoms with Crippen molar-refractivity contribution in [3.05, 3.63) is 35.9 Å². The van der Waals surface area contributed by atoms with Gasteiger partial charge in [0.2, 0.25) is 0 Å². The number of urea groups is 1. The first kappa shape index (κ1) is 14.8. The zero-order valence-electron chi connectivity index (χ0n) is 11.7. The average Bonchev–Trinajstić information content (AvgIpc) is 2.46. The molecule has 1 aromatic carbocycles. The van der Waals surface area contributed by atoms with Gasteiger partial charge in [-0.05, 0) is 24.3 Å². The van der Waals surface area contributed by atoms with Crippen molar-refractivity contribution in [1.82, 2.24) is 10.2 Å². The molecule has 2 unspecified atom stereocenters. The zero-order valence-corrected chi connectivity index (χ0v) is 11.7. The second kappa shape index (κ2) is 7.26. The number of nitrogens with one attached hydrogen (secondary N) is 1. The van der Waals surface area contributed by atoms with Crippen LogP contribution in [0.1, 0.15) is 18.4 Å². The normalized spacial score (nSPS) is 22.8. The molecule has 1 aliphatic heterocycles. The molecule has 0 bridgehead atoms. The molecule has 1 aromatic rings. The van der Waals surface area contributed by atoms with Crippen LogP contribution in [-0.4, -0.2) is 41.8 Å². The van der Waals surface area contributed by atoms with Gasteiger partial charge in [-0.1, -0.05) is 30.3 Å². The molecule has 2 amide bonds. The topological polar surface area (TPSA) is 78.6 Å². The van der Waals surface area contributed by atoms with E-state index in [1.165, 1.54) is 5.56 Å². The Bertz CT molecular complexity index is 424. The highest BCUT2D eigenvalue weighted by molar-refractivity contribution is 5.72. The van der Waals surface area contributed by atoms with Gasteiger partial charge in [0, 0.05) is 32.3 Å². The zero-order chi connectivity index (χ0) is 14.4. The van der Waals surface area contributed by atoms with E-state index in [1.807, 2.05) is 18.2 Å². The maximum absolute atomic E-state index is 11.4. The van der Waals surface area contributed by atoms with Crippen molar-refractivity contribution in [2.75, 3.05) is 19.7 Å². The van der Waals surface area contributed by atoms with Crippen LogP contribution in [-0.2, 0) is 6.54 Å². The molecule has 2 rings (SSSR count). The van der Waals surface area contributed by atoms with Gasteiger partial charge in [-0.2, -0.15) is 0 Å². The fourth-order valence-electron chi connectivity index (χ4n) is 2.78. The van der Waals surface area contributed by atoms with Crippen molar-refractivity contribution in [1.29, 1.82) is 0 Å². The van der Waals surface area contributed by atoms with Gasteiger partial charge in [0.15, 0.2) is 0 Å². The summed E-state index contributed by atoms with van der Waals surface area (Å²) in [5, 5.41) is 12.6. The second-order valence-corrected chi connectivity index (χ2v) is 5.42. The van der Waals surface area contributed by atoms with Crippen LogP contribution in [0, 0.1) is 5.92 Å². The Hall–Kier alpha value is -1.59. The fraction of sp³-hybridized carbons (Fsp3) is 0.533. The number of nitrogens with two attached hydrogens (primary N) is 1. The van der Waals surface area contributed by atoms with Gasteiger partial charge in [-0.3, -0.25) is 0 Å². The van der Waals surface area contributed by atoms with Crippen LogP contribution in [0.25, 0.3) is 0 Å². The molecular formula is C15H23N3O2. The second-order valence-electron chi connectivity index (χ2n) is 5.42. The average molecular weight is 277 g/mol. The summed E-state index contributed by atoms with van der Waals surface area (Å²) in [6, 6.07) is 10.0. The Morgan fingerprint density at radius 3 is 2.75 bits per heavy atom. The van der Waals surface area contributed by atoms with E-state index < -0.39 is 0 Å².